The maximum absolute atomic E-state index is 12.8. The fourth-order valence-electron chi connectivity index (χ4n) is 4.17. The van der Waals surface area contributed by atoms with Crippen molar-refractivity contribution >= 4 is 44.5 Å². The minimum atomic E-state index is 0.117. The van der Waals surface area contributed by atoms with Crippen LogP contribution in [0.15, 0.2) is 22.0 Å². The zero-order chi connectivity index (χ0) is 20.3. The van der Waals surface area contributed by atoms with Crippen molar-refractivity contribution in [2.45, 2.75) is 66.3 Å². The first-order valence-electron chi connectivity index (χ1n) is 10.4. The van der Waals surface area contributed by atoms with Crippen LogP contribution in [-0.2, 0) is 17.8 Å². The molecule has 3 rings (SSSR count). The van der Waals surface area contributed by atoms with E-state index in [4.69, 9.17) is 0 Å². The molecule has 152 valence electrons. The molecule has 1 aromatic heterocycles. The van der Waals surface area contributed by atoms with Gasteiger partial charge in [0.2, 0.25) is 5.91 Å². The van der Waals surface area contributed by atoms with E-state index in [0.717, 1.165) is 62.0 Å². The van der Waals surface area contributed by atoms with Gasteiger partial charge in [-0.2, -0.15) is 0 Å². The van der Waals surface area contributed by atoms with E-state index in [1.165, 1.54) is 19.9 Å². The van der Waals surface area contributed by atoms with Crippen molar-refractivity contribution in [2.75, 3.05) is 16.8 Å². The third kappa shape index (κ3) is 4.80. The molecule has 0 radical (unpaired) electrons. The minimum absolute atomic E-state index is 0.117. The first-order valence-corrected chi connectivity index (χ1v) is 12.0. The van der Waals surface area contributed by atoms with E-state index in [-0.39, 0.29) is 11.8 Å². The number of hydrogen-bond acceptors (Lipinski definition) is 3. The van der Waals surface area contributed by atoms with Gasteiger partial charge in [-0.15, -0.1) is 11.3 Å². The van der Waals surface area contributed by atoms with Gasteiger partial charge in [0.15, 0.2) is 0 Å². The van der Waals surface area contributed by atoms with Crippen LogP contribution >= 0.6 is 27.3 Å². The Balaban J connectivity index is 1.77. The van der Waals surface area contributed by atoms with Crippen molar-refractivity contribution < 1.29 is 4.79 Å². The lowest BCUT2D eigenvalue weighted by Gasteiger charge is -2.30. The van der Waals surface area contributed by atoms with E-state index in [1.807, 2.05) is 11.3 Å². The van der Waals surface area contributed by atoms with Crippen molar-refractivity contribution in [2.24, 2.45) is 5.92 Å². The fourth-order valence-corrected chi connectivity index (χ4v) is 5.91. The molecular formula is C23H31BrN2OS. The summed E-state index contributed by atoms with van der Waals surface area (Å²) in [5, 5.41) is 3.24. The van der Waals surface area contributed by atoms with Crippen molar-refractivity contribution in [3.63, 3.8) is 0 Å². The maximum atomic E-state index is 12.8. The van der Waals surface area contributed by atoms with E-state index >= 15 is 0 Å². The number of thiophene rings is 1. The summed E-state index contributed by atoms with van der Waals surface area (Å²) < 4.78 is 1.22. The molecule has 1 N–H and O–H groups in total. The number of nitrogens with one attached hydrogen (secondary N) is 1. The number of anilines is 2. The molecule has 3 nitrogen and oxygen atoms in total. The molecule has 0 unspecified atom stereocenters. The van der Waals surface area contributed by atoms with Gasteiger partial charge in [0.25, 0.3) is 0 Å². The zero-order valence-corrected chi connectivity index (χ0v) is 19.8. The maximum Gasteiger partial charge on any atom is 0.227 e. The molecule has 0 fully saturated rings. The first kappa shape index (κ1) is 21.4. The normalized spacial score (nSPS) is 13.7. The molecule has 0 aliphatic carbocycles. The lowest BCUT2D eigenvalue weighted by molar-refractivity contribution is -0.120. The summed E-state index contributed by atoms with van der Waals surface area (Å²) in [4.78, 5) is 16.7. The second-order valence-corrected chi connectivity index (χ2v) is 10.4. The molecule has 0 atom stereocenters. The summed E-state index contributed by atoms with van der Waals surface area (Å²) in [6.07, 6.45) is 5.11. The molecule has 1 aliphatic rings. The monoisotopic (exact) mass is 462 g/mol. The van der Waals surface area contributed by atoms with Gasteiger partial charge in [-0.25, -0.2) is 0 Å². The number of carbonyl (C=O) groups excluding carboxylic acids is 1. The van der Waals surface area contributed by atoms with E-state index in [1.54, 1.807) is 0 Å². The Kier molecular flexibility index (Phi) is 7.21. The number of rotatable bonds is 7. The SMILES string of the molecule is CCCC(CCC)C(=O)Nc1c(C)cc(N2CCc3sc(Br)cc3C2)cc1C. The third-order valence-electron chi connectivity index (χ3n) is 5.61. The van der Waals surface area contributed by atoms with Crippen LogP contribution in [0.3, 0.4) is 0 Å². The number of nitrogens with zero attached hydrogens (tertiary/aromatic N) is 1. The highest BCUT2D eigenvalue weighted by Gasteiger charge is 2.22. The van der Waals surface area contributed by atoms with Gasteiger partial charge in [-0.05, 0) is 83.9 Å². The number of carbonyl (C=O) groups is 1. The molecule has 0 saturated carbocycles. The van der Waals surface area contributed by atoms with Crippen molar-refractivity contribution in [1.82, 2.24) is 0 Å². The van der Waals surface area contributed by atoms with Crippen LogP contribution in [0.25, 0.3) is 0 Å². The van der Waals surface area contributed by atoms with Gasteiger partial charge in [0.05, 0.1) is 3.79 Å². The molecule has 0 spiro atoms. The Morgan fingerprint density at radius 3 is 2.43 bits per heavy atom. The van der Waals surface area contributed by atoms with E-state index in [2.05, 4.69) is 72.0 Å². The van der Waals surface area contributed by atoms with E-state index in [9.17, 15) is 4.79 Å². The van der Waals surface area contributed by atoms with Gasteiger partial charge in [-0.1, -0.05) is 26.7 Å². The summed E-state index contributed by atoms with van der Waals surface area (Å²) in [6.45, 7) is 10.5. The van der Waals surface area contributed by atoms with Crippen LogP contribution in [-0.4, -0.2) is 12.5 Å². The number of hydrogen-bond donors (Lipinski definition) is 1. The molecule has 28 heavy (non-hydrogen) atoms. The topological polar surface area (TPSA) is 32.3 Å². The van der Waals surface area contributed by atoms with Gasteiger partial charge >= 0.3 is 0 Å². The van der Waals surface area contributed by atoms with Crippen LogP contribution < -0.4 is 10.2 Å². The Labute approximate surface area is 181 Å². The highest BCUT2D eigenvalue weighted by atomic mass is 79.9. The Morgan fingerprint density at radius 1 is 1.18 bits per heavy atom. The molecule has 1 aliphatic heterocycles. The molecule has 0 bridgehead atoms. The van der Waals surface area contributed by atoms with E-state index < -0.39 is 0 Å². The predicted molar refractivity (Wildman–Crippen MR) is 125 cm³/mol. The average molecular weight is 463 g/mol. The Morgan fingerprint density at radius 2 is 1.82 bits per heavy atom. The Bertz CT molecular complexity index is 816. The second-order valence-electron chi connectivity index (χ2n) is 7.89. The molecule has 5 heteroatoms. The van der Waals surface area contributed by atoms with E-state index in [0.29, 0.717) is 0 Å². The van der Waals surface area contributed by atoms with Crippen LogP contribution in [0.2, 0.25) is 0 Å². The highest BCUT2D eigenvalue weighted by Crippen LogP contribution is 2.35. The summed E-state index contributed by atoms with van der Waals surface area (Å²) >= 11 is 5.47. The largest absolute Gasteiger partial charge is 0.367 e. The second kappa shape index (κ2) is 9.45. The smallest absolute Gasteiger partial charge is 0.227 e. The van der Waals surface area contributed by atoms with Gasteiger partial charge < -0.3 is 10.2 Å². The highest BCUT2D eigenvalue weighted by molar-refractivity contribution is 9.11. The number of benzene rings is 1. The summed E-state index contributed by atoms with van der Waals surface area (Å²) in [7, 11) is 0. The van der Waals surface area contributed by atoms with Crippen LogP contribution in [0.5, 0.6) is 0 Å². The van der Waals surface area contributed by atoms with Gasteiger partial charge in [0.1, 0.15) is 0 Å². The average Bonchev–Trinajstić information content (AvgIpc) is 3.03. The molecule has 1 aromatic carbocycles. The number of amides is 1. The standard InChI is InChI=1S/C23H31BrN2OS/c1-5-7-17(8-6-2)23(27)25-22-15(3)11-19(12-16(22)4)26-10-9-20-18(14-26)13-21(24)28-20/h11-13,17H,5-10,14H2,1-4H3,(H,25,27). The lowest BCUT2D eigenvalue weighted by Crippen LogP contribution is -2.29. The van der Waals surface area contributed by atoms with Crippen molar-refractivity contribution in [3.8, 4) is 0 Å². The number of halogens is 1. The fraction of sp³-hybridized carbons (Fsp3) is 0.522. The molecule has 1 amide bonds. The van der Waals surface area contributed by atoms with Gasteiger partial charge in [-0.3, -0.25) is 4.79 Å². The number of aryl methyl sites for hydroxylation is 2. The summed E-state index contributed by atoms with van der Waals surface area (Å²) in [5.74, 6) is 0.291. The van der Waals surface area contributed by atoms with Crippen molar-refractivity contribution in [1.29, 1.82) is 0 Å². The molecular weight excluding hydrogens is 432 g/mol. The molecule has 2 heterocycles. The van der Waals surface area contributed by atoms with Crippen LogP contribution in [0, 0.1) is 19.8 Å². The van der Waals surface area contributed by atoms with Gasteiger partial charge in [0, 0.05) is 35.3 Å². The number of fused-ring (bicyclic) bond motifs is 1. The van der Waals surface area contributed by atoms with Crippen molar-refractivity contribution in [3.05, 3.63) is 43.6 Å². The molecule has 0 saturated heterocycles. The predicted octanol–water partition coefficient (Wildman–Crippen LogP) is 6.85. The third-order valence-corrected chi connectivity index (χ3v) is 7.35. The lowest BCUT2D eigenvalue weighted by atomic mass is 9.96. The zero-order valence-electron chi connectivity index (χ0n) is 17.4. The quantitative estimate of drug-likeness (QED) is 0.487. The molecule has 2 aromatic rings. The van der Waals surface area contributed by atoms with Crippen LogP contribution in [0.4, 0.5) is 11.4 Å². The summed E-state index contributed by atoms with van der Waals surface area (Å²) in [6, 6.07) is 6.70. The summed E-state index contributed by atoms with van der Waals surface area (Å²) in [5.41, 5.74) is 5.96. The Hall–Kier alpha value is -1.33. The van der Waals surface area contributed by atoms with Crippen LogP contribution in [0.1, 0.15) is 61.1 Å². The minimum Gasteiger partial charge on any atom is -0.367 e. The first-order chi connectivity index (χ1) is 13.4.